The van der Waals surface area contributed by atoms with Gasteiger partial charge in [0.2, 0.25) is 0 Å². The molecule has 0 radical (unpaired) electrons. The van der Waals surface area contributed by atoms with E-state index in [1.54, 1.807) is 30.6 Å². The Morgan fingerprint density at radius 2 is 1.84 bits per heavy atom. The summed E-state index contributed by atoms with van der Waals surface area (Å²) in [5.74, 6) is 0.611. The van der Waals surface area contributed by atoms with E-state index < -0.39 is 0 Å². The number of hydrogen-bond acceptors (Lipinski definition) is 4. The van der Waals surface area contributed by atoms with Crippen molar-refractivity contribution in [3.8, 4) is 10.8 Å². The van der Waals surface area contributed by atoms with Crippen LogP contribution >= 0.6 is 22.9 Å². The Kier molecular flexibility index (Phi) is 7.22. The number of methoxy groups -OCH3 is 1. The minimum Gasteiger partial charge on any atom is -0.494 e. The zero-order valence-corrected chi connectivity index (χ0v) is 23.1. The van der Waals surface area contributed by atoms with Gasteiger partial charge < -0.3 is 14.6 Å². The number of rotatable bonds is 6. The summed E-state index contributed by atoms with van der Waals surface area (Å²) < 4.78 is 7.64. The largest absolute Gasteiger partial charge is 0.494 e. The predicted octanol–water partition coefficient (Wildman–Crippen LogP) is 8.01. The Labute approximate surface area is 226 Å². The van der Waals surface area contributed by atoms with E-state index in [1.807, 2.05) is 43.5 Å². The van der Waals surface area contributed by atoms with Crippen LogP contribution in [0.3, 0.4) is 0 Å². The highest BCUT2D eigenvalue weighted by Gasteiger charge is 2.28. The number of benzene rings is 2. The van der Waals surface area contributed by atoms with E-state index in [9.17, 15) is 4.79 Å². The molecule has 0 spiro atoms. The minimum atomic E-state index is -0.0513. The van der Waals surface area contributed by atoms with Crippen LogP contribution < -0.4 is 10.1 Å². The average molecular weight is 532 g/mol. The van der Waals surface area contributed by atoms with Crippen LogP contribution in [0, 0.1) is 20.8 Å². The van der Waals surface area contributed by atoms with Crippen LogP contribution in [0.2, 0.25) is 5.02 Å². The molecule has 5 nitrogen and oxygen atoms in total. The van der Waals surface area contributed by atoms with E-state index in [4.69, 9.17) is 16.3 Å². The third-order valence-corrected chi connectivity index (χ3v) is 8.36. The van der Waals surface area contributed by atoms with E-state index in [-0.39, 0.29) is 5.91 Å². The standard InChI is InChI=1S/C30H30ClN3O2S/c1-18-9-12-23(13-10-18)33-29(35)28-24-7-5-6-8-27(24)37-30(28)34-19(2)15-21(20(34)3)17-32-25-16-22(31)11-14-26(25)36-4/h9-17H,5-8H2,1-4H3,(H,33,35). The molecule has 1 aliphatic rings. The maximum atomic E-state index is 13.7. The number of aliphatic imine (C=N–C) groups is 1. The molecular weight excluding hydrogens is 502 g/mol. The van der Waals surface area contributed by atoms with Crippen LogP contribution in [0.15, 0.2) is 53.5 Å². The topological polar surface area (TPSA) is 55.6 Å². The first-order valence-electron chi connectivity index (χ1n) is 12.4. The molecule has 190 valence electrons. The molecule has 0 unspecified atom stereocenters. The van der Waals surface area contributed by atoms with Crippen molar-refractivity contribution in [3.05, 3.63) is 92.1 Å². The lowest BCUT2D eigenvalue weighted by molar-refractivity contribution is 0.102. The van der Waals surface area contributed by atoms with Gasteiger partial charge in [0, 0.05) is 38.8 Å². The fourth-order valence-corrected chi connectivity index (χ4v) is 6.57. The SMILES string of the molecule is COc1ccc(Cl)cc1N=Cc1cc(C)n(-c2sc3c(c2C(=O)Nc2ccc(C)cc2)CCCC3)c1C. The third kappa shape index (κ3) is 5.09. The summed E-state index contributed by atoms with van der Waals surface area (Å²) in [5, 5.41) is 4.73. The molecule has 1 N–H and O–H groups in total. The van der Waals surface area contributed by atoms with E-state index >= 15 is 0 Å². The predicted molar refractivity (Wildman–Crippen MR) is 154 cm³/mol. The second-order valence-electron chi connectivity index (χ2n) is 9.45. The van der Waals surface area contributed by atoms with Crippen LogP contribution in [-0.4, -0.2) is 23.8 Å². The molecule has 2 aromatic heterocycles. The van der Waals surface area contributed by atoms with Crippen molar-refractivity contribution in [2.75, 3.05) is 12.4 Å². The number of ether oxygens (including phenoxy) is 1. The number of hydrogen-bond donors (Lipinski definition) is 1. The highest BCUT2D eigenvalue weighted by molar-refractivity contribution is 7.15. The van der Waals surface area contributed by atoms with Crippen molar-refractivity contribution in [2.45, 2.75) is 46.5 Å². The maximum absolute atomic E-state index is 13.7. The van der Waals surface area contributed by atoms with E-state index in [0.29, 0.717) is 16.5 Å². The molecule has 4 aromatic rings. The Bertz CT molecular complexity index is 1500. The van der Waals surface area contributed by atoms with E-state index in [2.05, 4.69) is 34.8 Å². The van der Waals surface area contributed by atoms with Crippen molar-refractivity contribution < 1.29 is 9.53 Å². The molecule has 0 fully saturated rings. The molecule has 0 atom stereocenters. The number of aromatic nitrogens is 1. The number of thiophene rings is 1. The molecule has 2 aromatic carbocycles. The van der Waals surface area contributed by atoms with Gasteiger partial charge in [0.25, 0.3) is 5.91 Å². The van der Waals surface area contributed by atoms with Crippen LogP contribution in [0.4, 0.5) is 11.4 Å². The second-order valence-corrected chi connectivity index (χ2v) is 11.0. The molecule has 0 saturated heterocycles. The quantitative estimate of drug-likeness (QED) is 0.256. The van der Waals surface area contributed by atoms with Gasteiger partial charge in [-0.15, -0.1) is 11.3 Å². The number of anilines is 1. The molecule has 7 heteroatoms. The molecule has 0 saturated carbocycles. The summed E-state index contributed by atoms with van der Waals surface area (Å²) in [6.45, 7) is 6.19. The maximum Gasteiger partial charge on any atom is 0.258 e. The minimum absolute atomic E-state index is 0.0513. The number of aryl methyl sites for hydroxylation is 3. The Hall–Kier alpha value is -3.35. The third-order valence-electron chi connectivity index (χ3n) is 6.85. The molecule has 5 rings (SSSR count). The van der Waals surface area contributed by atoms with Gasteiger partial charge in [-0.2, -0.15) is 0 Å². The van der Waals surface area contributed by atoms with E-state index in [1.165, 1.54) is 10.4 Å². The molecule has 1 amide bonds. The van der Waals surface area contributed by atoms with Gasteiger partial charge in [0.15, 0.2) is 0 Å². The van der Waals surface area contributed by atoms with Gasteiger partial charge in [-0.3, -0.25) is 9.79 Å². The molecule has 0 aliphatic heterocycles. The van der Waals surface area contributed by atoms with Crippen molar-refractivity contribution in [1.82, 2.24) is 4.57 Å². The molecule has 37 heavy (non-hydrogen) atoms. The number of carbonyl (C=O) groups is 1. The number of halogens is 1. The average Bonchev–Trinajstić information content (AvgIpc) is 3.40. The molecule has 0 bridgehead atoms. The zero-order valence-electron chi connectivity index (χ0n) is 21.5. The van der Waals surface area contributed by atoms with Crippen LogP contribution in [0.5, 0.6) is 5.75 Å². The van der Waals surface area contributed by atoms with Gasteiger partial charge in [-0.1, -0.05) is 29.3 Å². The van der Waals surface area contributed by atoms with Crippen molar-refractivity contribution in [3.63, 3.8) is 0 Å². The smallest absolute Gasteiger partial charge is 0.258 e. The zero-order chi connectivity index (χ0) is 26.1. The molecule has 2 heterocycles. The summed E-state index contributed by atoms with van der Waals surface area (Å²) in [4.78, 5) is 19.7. The Morgan fingerprint density at radius 1 is 1.08 bits per heavy atom. The summed E-state index contributed by atoms with van der Waals surface area (Å²) in [7, 11) is 1.62. The van der Waals surface area contributed by atoms with Crippen LogP contribution in [-0.2, 0) is 12.8 Å². The molecular formula is C30H30ClN3O2S. The van der Waals surface area contributed by atoms with Gasteiger partial charge in [0.1, 0.15) is 16.4 Å². The van der Waals surface area contributed by atoms with Gasteiger partial charge in [-0.25, -0.2) is 0 Å². The number of nitrogens with zero attached hydrogens (tertiary/aromatic N) is 2. The fourth-order valence-electron chi connectivity index (χ4n) is 4.91. The lowest BCUT2D eigenvalue weighted by Gasteiger charge is -2.14. The number of nitrogens with one attached hydrogen (secondary N) is 1. The summed E-state index contributed by atoms with van der Waals surface area (Å²) >= 11 is 7.93. The van der Waals surface area contributed by atoms with Crippen LogP contribution in [0.25, 0.3) is 5.00 Å². The first-order valence-corrected chi connectivity index (χ1v) is 13.6. The lowest BCUT2D eigenvalue weighted by Crippen LogP contribution is -2.17. The van der Waals surface area contributed by atoms with Crippen LogP contribution in [0.1, 0.15) is 56.2 Å². The first-order chi connectivity index (χ1) is 17.9. The summed E-state index contributed by atoms with van der Waals surface area (Å²) in [6, 6.07) is 15.4. The number of carbonyl (C=O) groups excluding carboxylic acids is 1. The number of amides is 1. The summed E-state index contributed by atoms with van der Waals surface area (Å²) in [6.07, 6.45) is 6.07. The van der Waals surface area contributed by atoms with Crippen molar-refractivity contribution in [2.24, 2.45) is 4.99 Å². The van der Waals surface area contributed by atoms with Crippen molar-refractivity contribution in [1.29, 1.82) is 0 Å². The summed E-state index contributed by atoms with van der Waals surface area (Å²) in [5.41, 5.74) is 7.70. The van der Waals surface area contributed by atoms with E-state index in [0.717, 1.165) is 64.4 Å². The lowest BCUT2D eigenvalue weighted by atomic mass is 9.95. The fraction of sp³-hybridized carbons (Fsp3) is 0.267. The van der Waals surface area contributed by atoms with Gasteiger partial charge >= 0.3 is 0 Å². The Morgan fingerprint density at radius 3 is 2.59 bits per heavy atom. The first kappa shape index (κ1) is 25.3. The number of fused-ring (bicyclic) bond motifs is 1. The van der Waals surface area contributed by atoms with Gasteiger partial charge in [0.05, 0.1) is 12.7 Å². The monoisotopic (exact) mass is 531 g/mol. The highest BCUT2D eigenvalue weighted by Crippen LogP contribution is 2.39. The van der Waals surface area contributed by atoms with Crippen molar-refractivity contribution >= 4 is 46.4 Å². The normalized spacial score (nSPS) is 13.1. The second kappa shape index (κ2) is 10.6. The Balaban J connectivity index is 1.55. The van der Waals surface area contributed by atoms with Gasteiger partial charge in [-0.05, 0) is 88.4 Å². The molecule has 1 aliphatic carbocycles. The highest BCUT2D eigenvalue weighted by atomic mass is 35.5.